The molecule has 0 bridgehead atoms. The number of ether oxygens (including phenoxy) is 1. The van der Waals surface area contributed by atoms with Crippen LogP contribution < -0.4 is 16.0 Å². The Labute approximate surface area is 157 Å². The van der Waals surface area contributed by atoms with E-state index in [1.165, 1.54) is 0 Å². The zero-order valence-corrected chi connectivity index (χ0v) is 16.6. The third kappa shape index (κ3) is 5.19. The SMILES string of the molecule is CC(C)(C)c1cc(Br)ccc1OCC(=O)N1CCC(C(=O)NN)CC1. The summed E-state index contributed by atoms with van der Waals surface area (Å²) in [7, 11) is 0. The minimum Gasteiger partial charge on any atom is -0.483 e. The first-order valence-electron chi connectivity index (χ1n) is 8.43. The molecule has 0 unspecified atom stereocenters. The summed E-state index contributed by atoms with van der Waals surface area (Å²) in [4.78, 5) is 25.7. The maximum Gasteiger partial charge on any atom is 0.260 e. The molecule has 0 saturated carbocycles. The number of benzene rings is 1. The zero-order chi connectivity index (χ0) is 18.6. The molecule has 0 aliphatic carbocycles. The largest absolute Gasteiger partial charge is 0.483 e. The number of halogens is 1. The Morgan fingerprint density at radius 1 is 1.32 bits per heavy atom. The van der Waals surface area contributed by atoms with Gasteiger partial charge in [0.2, 0.25) is 5.91 Å². The monoisotopic (exact) mass is 411 g/mol. The minimum atomic E-state index is -0.159. The second kappa shape index (κ2) is 8.19. The van der Waals surface area contributed by atoms with Crippen molar-refractivity contribution >= 4 is 27.7 Å². The number of nitrogens with zero attached hydrogens (tertiary/aromatic N) is 1. The molecule has 1 heterocycles. The first-order valence-corrected chi connectivity index (χ1v) is 9.22. The number of rotatable bonds is 4. The van der Waals surface area contributed by atoms with Crippen LogP contribution in [0.1, 0.15) is 39.2 Å². The van der Waals surface area contributed by atoms with Crippen molar-refractivity contribution in [3.05, 3.63) is 28.2 Å². The van der Waals surface area contributed by atoms with E-state index >= 15 is 0 Å². The molecule has 7 heteroatoms. The highest BCUT2D eigenvalue weighted by Crippen LogP contribution is 2.33. The van der Waals surface area contributed by atoms with Crippen LogP contribution in [0, 0.1) is 5.92 Å². The number of hydrogen-bond donors (Lipinski definition) is 2. The molecule has 1 aromatic carbocycles. The van der Waals surface area contributed by atoms with Gasteiger partial charge in [0.15, 0.2) is 6.61 Å². The van der Waals surface area contributed by atoms with E-state index in [0.29, 0.717) is 25.9 Å². The quantitative estimate of drug-likeness (QED) is 0.452. The third-order valence-electron chi connectivity index (χ3n) is 4.46. The number of hydrazine groups is 1. The molecule has 138 valence electrons. The molecule has 1 aliphatic rings. The lowest BCUT2D eigenvalue weighted by atomic mass is 9.86. The fraction of sp³-hybridized carbons (Fsp3) is 0.556. The van der Waals surface area contributed by atoms with Gasteiger partial charge in [0.1, 0.15) is 5.75 Å². The van der Waals surface area contributed by atoms with Gasteiger partial charge >= 0.3 is 0 Å². The van der Waals surface area contributed by atoms with Gasteiger partial charge in [0.25, 0.3) is 5.91 Å². The average Bonchev–Trinajstić information content (AvgIpc) is 2.59. The van der Waals surface area contributed by atoms with Crippen molar-refractivity contribution in [3.63, 3.8) is 0 Å². The van der Waals surface area contributed by atoms with E-state index in [9.17, 15) is 9.59 Å². The van der Waals surface area contributed by atoms with Gasteiger partial charge in [-0.15, -0.1) is 0 Å². The summed E-state index contributed by atoms with van der Waals surface area (Å²) in [5.74, 6) is 5.55. The highest BCUT2D eigenvalue weighted by Gasteiger charge is 2.27. The van der Waals surface area contributed by atoms with Crippen molar-refractivity contribution in [2.24, 2.45) is 11.8 Å². The summed E-state index contributed by atoms with van der Waals surface area (Å²) in [5.41, 5.74) is 3.14. The van der Waals surface area contributed by atoms with E-state index in [2.05, 4.69) is 42.1 Å². The van der Waals surface area contributed by atoms with Crippen LogP contribution in [-0.4, -0.2) is 36.4 Å². The van der Waals surface area contributed by atoms with Crippen molar-refractivity contribution in [2.45, 2.75) is 39.0 Å². The van der Waals surface area contributed by atoms with Crippen LogP contribution in [0.15, 0.2) is 22.7 Å². The van der Waals surface area contributed by atoms with Crippen LogP contribution in [-0.2, 0) is 15.0 Å². The van der Waals surface area contributed by atoms with Gasteiger partial charge in [-0.2, -0.15) is 0 Å². The Bertz CT molecular complexity index is 635. The summed E-state index contributed by atoms with van der Waals surface area (Å²) >= 11 is 3.48. The Morgan fingerprint density at radius 3 is 2.52 bits per heavy atom. The molecule has 0 spiro atoms. The van der Waals surface area contributed by atoms with E-state index in [-0.39, 0.29) is 29.8 Å². The predicted molar refractivity (Wildman–Crippen MR) is 100.0 cm³/mol. The number of likely N-dealkylation sites (tertiary alicyclic amines) is 1. The Kier molecular flexibility index (Phi) is 6.46. The summed E-state index contributed by atoms with van der Waals surface area (Å²) < 4.78 is 6.80. The first-order chi connectivity index (χ1) is 11.7. The number of hydrogen-bond acceptors (Lipinski definition) is 4. The van der Waals surface area contributed by atoms with E-state index < -0.39 is 0 Å². The van der Waals surface area contributed by atoms with Crippen molar-refractivity contribution in [1.82, 2.24) is 10.3 Å². The molecule has 25 heavy (non-hydrogen) atoms. The standard InChI is InChI=1S/C18H26BrN3O3/c1-18(2,3)14-10-13(19)4-5-15(14)25-11-16(23)22-8-6-12(7-9-22)17(24)21-20/h4-5,10,12H,6-9,11,20H2,1-3H3,(H,21,24). The summed E-state index contributed by atoms with van der Waals surface area (Å²) in [6.45, 7) is 7.42. The van der Waals surface area contributed by atoms with Gasteiger partial charge in [0, 0.05) is 29.0 Å². The molecule has 1 aliphatic heterocycles. The average molecular weight is 412 g/mol. The van der Waals surface area contributed by atoms with E-state index in [0.717, 1.165) is 15.8 Å². The van der Waals surface area contributed by atoms with Crippen LogP contribution >= 0.6 is 15.9 Å². The van der Waals surface area contributed by atoms with E-state index in [1.54, 1.807) is 4.90 Å². The van der Waals surface area contributed by atoms with Crippen LogP contribution in [0.5, 0.6) is 5.75 Å². The first kappa shape index (κ1) is 19.7. The van der Waals surface area contributed by atoms with Gasteiger partial charge in [0.05, 0.1) is 0 Å². The van der Waals surface area contributed by atoms with E-state index in [4.69, 9.17) is 10.6 Å². The minimum absolute atomic E-state index is 0.00152. The molecule has 0 aromatic heterocycles. The fourth-order valence-corrected chi connectivity index (χ4v) is 3.31. The molecule has 6 nitrogen and oxygen atoms in total. The number of nitrogens with two attached hydrogens (primary N) is 1. The molecule has 0 radical (unpaired) electrons. The van der Waals surface area contributed by atoms with Gasteiger partial charge in [-0.1, -0.05) is 36.7 Å². The summed E-state index contributed by atoms with van der Waals surface area (Å²) in [6, 6.07) is 5.82. The molecule has 2 rings (SSSR count). The molecular formula is C18H26BrN3O3. The second-order valence-corrected chi connectivity index (χ2v) is 8.26. The number of amides is 2. The number of nitrogens with one attached hydrogen (secondary N) is 1. The van der Waals surface area contributed by atoms with Crippen molar-refractivity contribution in [3.8, 4) is 5.75 Å². The van der Waals surface area contributed by atoms with Crippen molar-refractivity contribution in [1.29, 1.82) is 0 Å². The molecule has 0 atom stereocenters. The smallest absolute Gasteiger partial charge is 0.260 e. The second-order valence-electron chi connectivity index (χ2n) is 7.34. The highest BCUT2D eigenvalue weighted by atomic mass is 79.9. The maximum atomic E-state index is 12.4. The van der Waals surface area contributed by atoms with Crippen LogP contribution in [0.25, 0.3) is 0 Å². The summed E-state index contributed by atoms with van der Waals surface area (Å²) in [5, 5.41) is 0. The molecule has 1 saturated heterocycles. The lowest BCUT2D eigenvalue weighted by Gasteiger charge is -2.31. The van der Waals surface area contributed by atoms with Crippen LogP contribution in [0.2, 0.25) is 0 Å². The number of carbonyl (C=O) groups is 2. The summed E-state index contributed by atoms with van der Waals surface area (Å²) in [6.07, 6.45) is 1.25. The van der Waals surface area contributed by atoms with Crippen LogP contribution in [0.4, 0.5) is 0 Å². The Balaban J connectivity index is 1.94. The fourth-order valence-electron chi connectivity index (χ4n) is 2.95. The highest BCUT2D eigenvalue weighted by molar-refractivity contribution is 9.10. The lowest BCUT2D eigenvalue weighted by molar-refractivity contribution is -0.137. The van der Waals surface area contributed by atoms with Gasteiger partial charge < -0.3 is 9.64 Å². The van der Waals surface area contributed by atoms with Gasteiger partial charge in [-0.25, -0.2) is 5.84 Å². The normalized spacial score (nSPS) is 15.8. The zero-order valence-electron chi connectivity index (χ0n) is 15.0. The van der Waals surface area contributed by atoms with Gasteiger partial charge in [-0.05, 0) is 36.5 Å². The molecule has 1 aromatic rings. The topological polar surface area (TPSA) is 84.7 Å². The molecule has 3 N–H and O–H groups in total. The van der Waals surface area contributed by atoms with E-state index in [1.807, 2.05) is 18.2 Å². The third-order valence-corrected chi connectivity index (χ3v) is 4.95. The van der Waals surface area contributed by atoms with Gasteiger partial charge in [-0.3, -0.25) is 15.0 Å². The molecule has 2 amide bonds. The van der Waals surface area contributed by atoms with Crippen molar-refractivity contribution in [2.75, 3.05) is 19.7 Å². The number of piperidine rings is 1. The Morgan fingerprint density at radius 2 is 1.96 bits per heavy atom. The lowest BCUT2D eigenvalue weighted by Crippen LogP contribution is -2.45. The van der Waals surface area contributed by atoms with Crippen LogP contribution in [0.3, 0.4) is 0 Å². The number of carbonyl (C=O) groups excluding carboxylic acids is 2. The molecular weight excluding hydrogens is 386 g/mol. The van der Waals surface area contributed by atoms with Crippen molar-refractivity contribution < 1.29 is 14.3 Å². The maximum absolute atomic E-state index is 12.4. The predicted octanol–water partition coefficient (Wildman–Crippen LogP) is 2.35. The Hall–Kier alpha value is -1.60. The molecule has 1 fully saturated rings.